The summed E-state index contributed by atoms with van der Waals surface area (Å²) in [5.41, 5.74) is 16.0. The number of nitrogen functional groups attached to an aromatic ring is 1. The topological polar surface area (TPSA) is 188 Å². The molecule has 2 aliphatic carbocycles. The smallest absolute Gasteiger partial charge is 0.409 e. The van der Waals surface area contributed by atoms with E-state index in [4.69, 9.17) is 15.2 Å². The molecule has 4 heterocycles. The third kappa shape index (κ3) is 10.8. The molecule has 2 aromatic heterocycles. The molecule has 0 bridgehead atoms. The molecule has 16 nitrogen and oxygen atoms in total. The van der Waals surface area contributed by atoms with E-state index < -0.39 is 0 Å². The second kappa shape index (κ2) is 20.6. The molecule has 2 unspecified atom stereocenters. The third-order valence-electron chi connectivity index (χ3n) is 11.4. The number of aromatic nitrogens is 2. The number of isocyanates is 1. The van der Waals surface area contributed by atoms with Crippen molar-refractivity contribution >= 4 is 47.0 Å². The molecule has 2 atom stereocenters. The van der Waals surface area contributed by atoms with E-state index in [0.29, 0.717) is 36.5 Å². The van der Waals surface area contributed by atoms with Gasteiger partial charge in [0.2, 0.25) is 6.08 Å². The van der Waals surface area contributed by atoms with Crippen LogP contribution in [0.4, 0.5) is 37.1 Å². The summed E-state index contributed by atoms with van der Waals surface area (Å²) in [6, 6.07) is 20.0. The highest BCUT2D eigenvalue weighted by molar-refractivity contribution is 6.00. The fourth-order valence-electron chi connectivity index (χ4n) is 8.26. The summed E-state index contributed by atoms with van der Waals surface area (Å²) in [5.74, 6) is 0. The molecule has 0 saturated carbocycles. The van der Waals surface area contributed by atoms with Crippen LogP contribution >= 0.6 is 0 Å². The van der Waals surface area contributed by atoms with E-state index in [9.17, 15) is 19.2 Å². The number of urea groups is 1. The molecule has 2 aromatic carbocycles. The van der Waals surface area contributed by atoms with E-state index in [1.807, 2.05) is 50.2 Å². The molecular weight excluding hydrogens is 765 g/mol. The van der Waals surface area contributed by atoms with Crippen LogP contribution in [0.3, 0.4) is 0 Å². The number of carbonyl (C=O) groups excluding carboxylic acids is 4. The lowest BCUT2D eigenvalue weighted by molar-refractivity contribution is 0.0743. The Morgan fingerprint density at radius 2 is 1.23 bits per heavy atom. The summed E-state index contributed by atoms with van der Waals surface area (Å²) in [5, 5.41) is 5.82. The lowest BCUT2D eigenvalue weighted by Crippen LogP contribution is -2.49. The second-order valence-corrected chi connectivity index (χ2v) is 15.0. The van der Waals surface area contributed by atoms with E-state index in [-0.39, 0.29) is 18.2 Å². The van der Waals surface area contributed by atoms with Gasteiger partial charge in [-0.1, -0.05) is 24.3 Å². The van der Waals surface area contributed by atoms with Gasteiger partial charge in [-0.15, -0.1) is 0 Å². The molecule has 4 N–H and O–H groups in total. The van der Waals surface area contributed by atoms with E-state index in [0.717, 1.165) is 87.7 Å². The quantitative estimate of drug-likeness (QED) is 0.115. The number of hydrogen-bond donors (Lipinski definition) is 3. The summed E-state index contributed by atoms with van der Waals surface area (Å²) in [6.45, 7) is 10.0. The molecule has 2 fully saturated rings. The normalized spacial score (nSPS) is 18.3. The van der Waals surface area contributed by atoms with E-state index in [2.05, 4.69) is 47.5 Å². The Morgan fingerprint density at radius 3 is 1.75 bits per heavy atom. The van der Waals surface area contributed by atoms with Crippen molar-refractivity contribution in [3.63, 3.8) is 0 Å². The minimum Gasteiger partial charge on any atom is -0.453 e. The van der Waals surface area contributed by atoms with E-state index >= 15 is 0 Å². The summed E-state index contributed by atoms with van der Waals surface area (Å²) in [4.78, 5) is 65.3. The minimum atomic E-state index is -0.274. The van der Waals surface area contributed by atoms with Crippen molar-refractivity contribution in [2.45, 2.75) is 51.6 Å². The van der Waals surface area contributed by atoms with Crippen LogP contribution in [0.15, 0.2) is 78.0 Å². The predicted octanol–water partition coefficient (Wildman–Crippen LogP) is 6.40. The molecule has 4 aromatic rings. The number of anilines is 3. The third-order valence-corrected chi connectivity index (χ3v) is 11.4. The van der Waals surface area contributed by atoms with Gasteiger partial charge in [0.05, 0.1) is 38.0 Å². The van der Waals surface area contributed by atoms with Gasteiger partial charge in [-0.2, -0.15) is 4.99 Å². The number of methoxy groups -OCH3 is 2. The lowest BCUT2D eigenvalue weighted by Gasteiger charge is -2.37. The van der Waals surface area contributed by atoms with Gasteiger partial charge in [0.25, 0.3) is 0 Å². The van der Waals surface area contributed by atoms with Gasteiger partial charge in [0.15, 0.2) is 0 Å². The zero-order valence-corrected chi connectivity index (χ0v) is 34.7. The molecule has 316 valence electrons. The molecule has 4 amide bonds. The first kappa shape index (κ1) is 43.2. The Morgan fingerprint density at radius 1 is 0.700 bits per heavy atom. The highest BCUT2D eigenvalue weighted by atomic mass is 16.5. The summed E-state index contributed by atoms with van der Waals surface area (Å²) < 4.78 is 9.60. The first-order valence-corrected chi connectivity index (χ1v) is 20.2. The van der Waals surface area contributed by atoms with Crippen LogP contribution in [-0.2, 0) is 27.1 Å². The van der Waals surface area contributed by atoms with Crippen LogP contribution < -0.4 is 16.4 Å². The average Bonchev–Trinajstić information content (AvgIpc) is 3.92. The van der Waals surface area contributed by atoms with Crippen LogP contribution in [0.1, 0.15) is 58.6 Å². The largest absolute Gasteiger partial charge is 0.453 e. The number of rotatable bonds is 5. The molecule has 2 aliphatic heterocycles. The number of carbonyl (C=O) groups is 3. The number of aryl methyl sites for hydroxylation is 2. The number of hydrogen-bond acceptors (Lipinski definition) is 12. The standard InChI is InChI=1S/C22H27N5O3.C15H21N3O2.C7H6N2O/c1-15-6-7-16(14-23-15)24-21(28)25-19-5-3-4-18-17(19)8-9-20(18)26-10-12-27(13-11-26)22(29)30-2;1-20-15(19)18-9-7-17(8-10-18)14-6-5-11-12(14)3-2-4-13(11)16;1-6-2-3-7(4-8-6)9-5-10/h3-7,14,20H,8-13H2,1-2H3,(H2,24,25,28);2-4,14H,5-10,16H2,1H3;2-4H,1H3. The predicted molar refractivity (Wildman–Crippen MR) is 229 cm³/mol. The molecule has 16 heteroatoms. The molecule has 60 heavy (non-hydrogen) atoms. The zero-order chi connectivity index (χ0) is 42.6. The molecule has 0 radical (unpaired) electrons. The molecular formula is C44H54N10O6. The van der Waals surface area contributed by atoms with Gasteiger partial charge in [0.1, 0.15) is 0 Å². The SMILES string of the molecule is COC(=O)N1CCN(C2CCc3c(N)cccc32)CC1.COC(=O)N1CCN(C2CCc3c(NC(=O)Nc4ccc(C)nc4)cccc32)CC1.Cc1ccc(N=C=O)cn1. The molecule has 8 rings (SSSR count). The summed E-state index contributed by atoms with van der Waals surface area (Å²) in [6.07, 6.45) is 8.24. The van der Waals surface area contributed by atoms with Crippen LogP contribution in [0, 0.1) is 13.8 Å². The lowest BCUT2D eigenvalue weighted by atomic mass is 10.0. The number of nitrogens with one attached hydrogen (secondary N) is 2. The average molecular weight is 819 g/mol. The monoisotopic (exact) mass is 818 g/mol. The fourth-order valence-corrected chi connectivity index (χ4v) is 8.26. The van der Waals surface area contributed by atoms with Crippen molar-refractivity contribution < 1.29 is 28.7 Å². The van der Waals surface area contributed by atoms with Crippen LogP contribution in [0.2, 0.25) is 0 Å². The van der Waals surface area contributed by atoms with Gasteiger partial charge in [-0.05, 0) is 98.2 Å². The maximum atomic E-state index is 12.5. The summed E-state index contributed by atoms with van der Waals surface area (Å²) >= 11 is 0. The number of pyridine rings is 2. The summed E-state index contributed by atoms with van der Waals surface area (Å²) in [7, 11) is 2.85. The van der Waals surface area contributed by atoms with E-state index in [1.54, 1.807) is 28.1 Å². The Bertz CT molecular complexity index is 2150. The molecule has 0 spiro atoms. The molecule has 2 saturated heterocycles. The first-order chi connectivity index (χ1) is 29.1. The van der Waals surface area contributed by atoms with Crippen LogP contribution in [-0.4, -0.2) is 120 Å². The van der Waals surface area contributed by atoms with Crippen LogP contribution in [0.25, 0.3) is 0 Å². The van der Waals surface area contributed by atoms with Gasteiger partial charge in [-0.3, -0.25) is 19.8 Å². The highest BCUT2D eigenvalue weighted by Gasteiger charge is 2.34. The minimum absolute atomic E-state index is 0.222. The van der Waals surface area contributed by atoms with Crippen molar-refractivity contribution in [2.24, 2.45) is 4.99 Å². The van der Waals surface area contributed by atoms with E-state index in [1.165, 1.54) is 48.8 Å². The number of fused-ring (bicyclic) bond motifs is 2. The van der Waals surface area contributed by atoms with Crippen molar-refractivity contribution in [1.82, 2.24) is 29.6 Å². The maximum absolute atomic E-state index is 12.5. The Hall–Kier alpha value is -6.35. The van der Waals surface area contributed by atoms with Crippen LogP contribution in [0.5, 0.6) is 0 Å². The number of benzene rings is 2. The van der Waals surface area contributed by atoms with Gasteiger partial charge in [0, 0.05) is 87.2 Å². The maximum Gasteiger partial charge on any atom is 0.409 e. The number of amides is 4. The number of nitrogens with two attached hydrogens (primary N) is 1. The van der Waals surface area contributed by atoms with Crippen molar-refractivity contribution in [3.05, 3.63) is 107 Å². The number of ether oxygens (including phenoxy) is 2. The Kier molecular flexibility index (Phi) is 14.8. The Labute approximate surface area is 350 Å². The van der Waals surface area contributed by atoms with Crippen molar-refractivity contribution in [3.8, 4) is 0 Å². The number of aliphatic imine (C=N–C) groups is 1. The second-order valence-electron chi connectivity index (χ2n) is 15.0. The van der Waals surface area contributed by atoms with Gasteiger partial charge < -0.3 is 35.6 Å². The van der Waals surface area contributed by atoms with Gasteiger partial charge in [-0.25, -0.2) is 19.2 Å². The Balaban J connectivity index is 0.000000172. The number of piperazine rings is 2. The molecule has 4 aliphatic rings. The zero-order valence-electron chi connectivity index (χ0n) is 34.7. The van der Waals surface area contributed by atoms with Gasteiger partial charge >= 0.3 is 18.2 Å². The fraction of sp³-hybridized carbons (Fsp3) is 0.409. The first-order valence-electron chi connectivity index (χ1n) is 20.2. The van der Waals surface area contributed by atoms with Crippen molar-refractivity contribution in [2.75, 3.05) is 82.9 Å². The highest BCUT2D eigenvalue weighted by Crippen LogP contribution is 2.40. The van der Waals surface area contributed by atoms with Crippen molar-refractivity contribution in [1.29, 1.82) is 0 Å². The number of nitrogens with zero attached hydrogens (tertiary/aromatic N) is 7.